The molecule has 0 bridgehead atoms. The summed E-state index contributed by atoms with van der Waals surface area (Å²) in [7, 11) is 0. The molecule has 2 atom stereocenters. The molecule has 3 rings (SSSR count). The third-order valence-electron chi connectivity index (χ3n) is 3.82. The molecular weight excluding hydrogens is 358 g/mol. The van der Waals surface area contributed by atoms with Gasteiger partial charge < -0.3 is 4.74 Å². The van der Waals surface area contributed by atoms with Crippen molar-refractivity contribution in [3.8, 4) is 0 Å². The van der Waals surface area contributed by atoms with Crippen LogP contribution in [0.2, 0.25) is 0 Å². The molecule has 1 heterocycles. The summed E-state index contributed by atoms with van der Waals surface area (Å²) in [6, 6.07) is 18.8. The maximum atomic E-state index is 12.7. The van der Waals surface area contributed by atoms with Gasteiger partial charge in [0.05, 0.1) is 6.04 Å². The molecule has 23 heavy (non-hydrogen) atoms. The van der Waals surface area contributed by atoms with E-state index in [4.69, 9.17) is 4.74 Å². The quantitative estimate of drug-likeness (QED) is 0.767. The van der Waals surface area contributed by atoms with Gasteiger partial charge in [0.2, 0.25) is 0 Å². The Kier molecular flexibility index (Phi) is 4.76. The zero-order valence-electron chi connectivity index (χ0n) is 12.4. The lowest BCUT2D eigenvalue weighted by molar-refractivity contribution is -0.128. The van der Waals surface area contributed by atoms with E-state index in [1.165, 1.54) is 4.90 Å². The minimum Gasteiger partial charge on any atom is -0.447 e. The van der Waals surface area contributed by atoms with Gasteiger partial charge in [0, 0.05) is 0 Å². The van der Waals surface area contributed by atoms with E-state index in [-0.39, 0.29) is 18.6 Å². The summed E-state index contributed by atoms with van der Waals surface area (Å²) in [5.74, 6) is -0.292. The molecule has 1 saturated heterocycles. The highest BCUT2D eigenvalue weighted by Crippen LogP contribution is 2.29. The van der Waals surface area contributed by atoms with Crippen molar-refractivity contribution in [1.82, 2.24) is 4.90 Å². The second-order valence-electron chi connectivity index (χ2n) is 5.40. The Balaban J connectivity index is 1.78. The van der Waals surface area contributed by atoms with Crippen molar-refractivity contribution in [2.24, 2.45) is 0 Å². The van der Waals surface area contributed by atoms with Crippen LogP contribution < -0.4 is 0 Å². The molecular formula is C18H16BrNO3. The van der Waals surface area contributed by atoms with Crippen molar-refractivity contribution in [2.45, 2.75) is 17.3 Å². The van der Waals surface area contributed by atoms with Crippen LogP contribution in [0.3, 0.4) is 0 Å². The summed E-state index contributed by atoms with van der Waals surface area (Å²) in [5.41, 5.74) is 1.88. The number of hydrogen-bond acceptors (Lipinski definition) is 3. The molecule has 0 N–H and O–H groups in total. The molecule has 0 saturated carbocycles. The van der Waals surface area contributed by atoms with E-state index in [0.29, 0.717) is 6.42 Å². The first-order valence-corrected chi connectivity index (χ1v) is 8.31. The smallest absolute Gasteiger partial charge is 0.417 e. The molecule has 4 nitrogen and oxygen atoms in total. The van der Waals surface area contributed by atoms with E-state index in [1.807, 2.05) is 60.7 Å². The van der Waals surface area contributed by atoms with Crippen LogP contribution in [-0.2, 0) is 16.0 Å². The Hall–Kier alpha value is -2.14. The van der Waals surface area contributed by atoms with Crippen molar-refractivity contribution in [3.05, 3.63) is 71.8 Å². The number of amides is 2. The van der Waals surface area contributed by atoms with Crippen molar-refractivity contribution >= 4 is 27.9 Å². The summed E-state index contributed by atoms with van der Waals surface area (Å²) in [4.78, 5) is 25.4. The van der Waals surface area contributed by atoms with Crippen LogP contribution in [-0.4, -0.2) is 29.5 Å². The number of rotatable bonds is 4. The highest BCUT2D eigenvalue weighted by Gasteiger charge is 2.40. The van der Waals surface area contributed by atoms with Crippen LogP contribution in [0, 0.1) is 0 Å². The molecule has 0 aromatic heterocycles. The number of imide groups is 1. The van der Waals surface area contributed by atoms with E-state index in [1.54, 1.807) is 0 Å². The molecule has 2 aromatic carbocycles. The maximum Gasteiger partial charge on any atom is 0.417 e. The van der Waals surface area contributed by atoms with E-state index >= 15 is 0 Å². The summed E-state index contributed by atoms with van der Waals surface area (Å²) in [6.07, 6.45) is 0.0172. The lowest BCUT2D eigenvalue weighted by Crippen LogP contribution is -2.41. The van der Waals surface area contributed by atoms with E-state index in [2.05, 4.69) is 15.9 Å². The number of alkyl halides is 1. The molecule has 5 heteroatoms. The fourth-order valence-electron chi connectivity index (χ4n) is 2.65. The predicted octanol–water partition coefficient (Wildman–Crippen LogP) is 3.71. The van der Waals surface area contributed by atoms with Crippen LogP contribution in [0.4, 0.5) is 4.79 Å². The van der Waals surface area contributed by atoms with E-state index < -0.39 is 10.9 Å². The van der Waals surface area contributed by atoms with Crippen LogP contribution in [0.1, 0.15) is 16.0 Å². The average molecular weight is 374 g/mol. The molecule has 0 aliphatic carbocycles. The fraction of sp³-hybridized carbons (Fsp3) is 0.222. The van der Waals surface area contributed by atoms with Crippen molar-refractivity contribution in [2.75, 3.05) is 6.61 Å². The molecule has 118 valence electrons. The average Bonchev–Trinajstić information content (AvgIpc) is 2.95. The van der Waals surface area contributed by atoms with Gasteiger partial charge in [-0.3, -0.25) is 4.79 Å². The second kappa shape index (κ2) is 6.96. The Labute approximate surface area is 143 Å². The third-order valence-corrected chi connectivity index (χ3v) is 4.74. The Morgan fingerprint density at radius 1 is 1.13 bits per heavy atom. The second-order valence-corrected chi connectivity index (χ2v) is 6.32. The highest BCUT2D eigenvalue weighted by atomic mass is 79.9. The lowest BCUT2D eigenvalue weighted by atomic mass is 10.0. The largest absolute Gasteiger partial charge is 0.447 e. The summed E-state index contributed by atoms with van der Waals surface area (Å²) >= 11 is 3.40. The Bertz CT molecular complexity index is 690. The van der Waals surface area contributed by atoms with Gasteiger partial charge in [-0.25, -0.2) is 9.69 Å². The molecule has 0 spiro atoms. The van der Waals surface area contributed by atoms with Gasteiger partial charge in [-0.15, -0.1) is 0 Å². The first-order chi connectivity index (χ1) is 11.2. The zero-order valence-corrected chi connectivity index (χ0v) is 14.0. The topological polar surface area (TPSA) is 46.6 Å². The minimum atomic E-state index is -0.573. The molecule has 0 radical (unpaired) electrons. The molecule has 2 aromatic rings. The third kappa shape index (κ3) is 3.45. The standard InChI is InChI=1S/C18H16BrNO3/c19-16(14-9-5-2-6-10-14)17(21)20-15(12-23-18(20)22)11-13-7-3-1-4-8-13/h1-10,15-16H,11-12H2/t15-,16?/m0/s1. The SMILES string of the molecule is O=C1OC[C@H](Cc2ccccc2)N1C(=O)C(Br)c1ccccc1. The van der Waals surface area contributed by atoms with Crippen LogP contribution >= 0.6 is 15.9 Å². The summed E-state index contributed by atoms with van der Waals surface area (Å²) in [5, 5.41) is 0. The van der Waals surface area contributed by atoms with Crippen LogP contribution in [0.15, 0.2) is 60.7 Å². The van der Waals surface area contributed by atoms with Crippen LogP contribution in [0.25, 0.3) is 0 Å². The van der Waals surface area contributed by atoms with Crippen LogP contribution in [0.5, 0.6) is 0 Å². The van der Waals surface area contributed by atoms with E-state index in [0.717, 1.165) is 11.1 Å². The minimum absolute atomic E-state index is 0.230. The molecule has 1 aliphatic rings. The summed E-state index contributed by atoms with van der Waals surface area (Å²) in [6.45, 7) is 0.230. The van der Waals surface area contributed by atoms with Crippen molar-refractivity contribution in [1.29, 1.82) is 0 Å². The maximum absolute atomic E-state index is 12.7. The first kappa shape index (κ1) is 15.7. The normalized spacial score (nSPS) is 18.6. The van der Waals surface area contributed by atoms with Gasteiger partial charge >= 0.3 is 6.09 Å². The fourth-order valence-corrected chi connectivity index (χ4v) is 3.18. The Morgan fingerprint density at radius 2 is 1.74 bits per heavy atom. The van der Waals surface area contributed by atoms with Gasteiger partial charge in [-0.05, 0) is 17.5 Å². The van der Waals surface area contributed by atoms with Gasteiger partial charge in [0.25, 0.3) is 5.91 Å². The highest BCUT2D eigenvalue weighted by molar-refractivity contribution is 9.09. The van der Waals surface area contributed by atoms with Crippen molar-refractivity contribution < 1.29 is 14.3 Å². The van der Waals surface area contributed by atoms with Gasteiger partial charge in [-0.2, -0.15) is 0 Å². The predicted molar refractivity (Wildman–Crippen MR) is 90.2 cm³/mol. The lowest BCUT2D eigenvalue weighted by Gasteiger charge is -2.22. The number of carbonyl (C=O) groups excluding carboxylic acids is 2. The zero-order chi connectivity index (χ0) is 16.2. The monoisotopic (exact) mass is 373 g/mol. The van der Waals surface area contributed by atoms with Gasteiger partial charge in [0.15, 0.2) is 0 Å². The first-order valence-electron chi connectivity index (χ1n) is 7.39. The number of hydrogen-bond donors (Lipinski definition) is 0. The number of benzene rings is 2. The molecule has 2 amide bonds. The number of carbonyl (C=O) groups is 2. The Morgan fingerprint density at radius 3 is 2.39 bits per heavy atom. The number of halogens is 1. The molecule has 1 fully saturated rings. The van der Waals surface area contributed by atoms with Gasteiger partial charge in [-0.1, -0.05) is 76.6 Å². The van der Waals surface area contributed by atoms with E-state index in [9.17, 15) is 9.59 Å². The number of cyclic esters (lactones) is 1. The molecule has 1 aliphatic heterocycles. The molecule has 1 unspecified atom stereocenters. The number of nitrogens with zero attached hydrogens (tertiary/aromatic N) is 1. The summed E-state index contributed by atoms with van der Waals surface area (Å²) < 4.78 is 5.10. The van der Waals surface area contributed by atoms with Crippen molar-refractivity contribution in [3.63, 3.8) is 0 Å². The number of ether oxygens (including phenoxy) is 1. The van der Waals surface area contributed by atoms with Gasteiger partial charge in [0.1, 0.15) is 11.4 Å².